The zero-order valence-electron chi connectivity index (χ0n) is 23.8. The molecule has 2 heterocycles. The summed E-state index contributed by atoms with van der Waals surface area (Å²) in [5.74, 6) is 1.88. The second-order valence-corrected chi connectivity index (χ2v) is 14.0. The Kier molecular flexibility index (Phi) is 6.10. The minimum atomic E-state index is -0.699. The van der Waals surface area contributed by atoms with Gasteiger partial charge >= 0.3 is 0 Å². The maximum absolute atomic E-state index is 12.7. The van der Waals surface area contributed by atoms with E-state index >= 15 is 0 Å². The third-order valence-electron chi connectivity index (χ3n) is 12.4. The molecule has 4 fully saturated rings. The number of aliphatic hydroxyl groups is 2. The highest BCUT2D eigenvalue weighted by atomic mass is 16.5. The van der Waals surface area contributed by atoms with Crippen LogP contribution in [-0.4, -0.2) is 50.3 Å². The molecule has 0 bridgehead atoms. The van der Waals surface area contributed by atoms with Crippen molar-refractivity contribution in [1.29, 1.82) is 0 Å². The zero-order chi connectivity index (χ0) is 27.9. The molecule has 40 heavy (non-hydrogen) atoms. The van der Waals surface area contributed by atoms with Crippen molar-refractivity contribution >= 4 is 11.8 Å². The Hall–Kier alpha value is -2.51. The lowest BCUT2D eigenvalue weighted by molar-refractivity contribution is -0.205. The van der Waals surface area contributed by atoms with Crippen LogP contribution in [-0.2, 0) is 6.42 Å². The number of hydrogen-bond acceptors (Lipinski definition) is 6. The van der Waals surface area contributed by atoms with Gasteiger partial charge in [0.1, 0.15) is 5.76 Å². The Bertz CT molecular complexity index is 1300. The molecule has 0 radical (unpaired) electrons. The summed E-state index contributed by atoms with van der Waals surface area (Å²) in [5, 5.41) is 27.3. The number of rotatable bonds is 5. The van der Waals surface area contributed by atoms with Gasteiger partial charge < -0.3 is 14.7 Å². The Labute approximate surface area is 236 Å². The van der Waals surface area contributed by atoms with Gasteiger partial charge in [-0.15, -0.1) is 0 Å². The number of amides is 2. The maximum Gasteiger partial charge on any atom is 0.261 e. The fraction of sp³-hybridized carbons (Fsp3) is 0.667. The van der Waals surface area contributed by atoms with E-state index in [1.807, 2.05) is 0 Å². The Balaban J connectivity index is 1.03. The second kappa shape index (κ2) is 9.25. The molecule has 1 aromatic carbocycles. The standard InChI is InChI=1S/C33H42N2O5/c1-31-14-11-21(36)18-20(31)9-10-26-25(31)12-15-32(2)27(13-16-33(26,32)39)28-19-22(40-34-28)6-5-17-35-29(37)23-7-3-4-8-24(23)30(35)38/h3-4,7-8,19-21,25-27,36,39H,5-6,9-18H2,1-2H3/t20-,21+,25?,26?,27-,31+,32-,33+/m1/s1. The summed E-state index contributed by atoms with van der Waals surface area (Å²) >= 11 is 0. The number of aliphatic hydroxyl groups excluding tert-OH is 1. The van der Waals surface area contributed by atoms with Crippen molar-refractivity contribution in [2.45, 2.75) is 102 Å². The third kappa shape index (κ3) is 3.65. The van der Waals surface area contributed by atoms with Crippen LogP contribution in [0.1, 0.15) is 116 Å². The number of carbonyl (C=O) groups is 2. The van der Waals surface area contributed by atoms with Crippen molar-refractivity contribution in [1.82, 2.24) is 10.1 Å². The van der Waals surface area contributed by atoms with E-state index in [9.17, 15) is 19.8 Å². The van der Waals surface area contributed by atoms with Crippen LogP contribution in [0.4, 0.5) is 0 Å². The van der Waals surface area contributed by atoms with Crippen molar-refractivity contribution in [2.24, 2.45) is 28.6 Å². The summed E-state index contributed by atoms with van der Waals surface area (Å²) in [5.41, 5.74) is 1.19. The molecular weight excluding hydrogens is 504 g/mol. The molecule has 7 heteroatoms. The molecule has 2 N–H and O–H groups in total. The van der Waals surface area contributed by atoms with Gasteiger partial charge in [-0.3, -0.25) is 14.5 Å². The van der Waals surface area contributed by atoms with Gasteiger partial charge in [0.25, 0.3) is 11.8 Å². The molecule has 7 rings (SSSR count). The van der Waals surface area contributed by atoms with Gasteiger partial charge in [-0.2, -0.15) is 0 Å². The number of carbonyl (C=O) groups excluding carboxylic acids is 2. The van der Waals surface area contributed by atoms with Crippen LogP contribution in [0, 0.1) is 28.6 Å². The lowest BCUT2D eigenvalue weighted by atomic mass is 9.43. The van der Waals surface area contributed by atoms with Crippen molar-refractivity contribution in [3.63, 3.8) is 0 Å². The van der Waals surface area contributed by atoms with E-state index in [2.05, 4.69) is 25.1 Å². The monoisotopic (exact) mass is 546 g/mol. The number of nitrogens with zero attached hydrogens (tertiary/aromatic N) is 2. The number of imide groups is 1. The van der Waals surface area contributed by atoms with Gasteiger partial charge in [0.05, 0.1) is 28.5 Å². The summed E-state index contributed by atoms with van der Waals surface area (Å²) in [6.45, 7) is 5.09. The van der Waals surface area contributed by atoms with Gasteiger partial charge in [-0.25, -0.2) is 0 Å². The van der Waals surface area contributed by atoms with Crippen molar-refractivity contribution < 1.29 is 24.3 Å². The first kappa shape index (κ1) is 26.4. The summed E-state index contributed by atoms with van der Waals surface area (Å²) in [7, 11) is 0. The molecule has 1 aromatic heterocycles. The second-order valence-electron chi connectivity index (χ2n) is 14.0. The van der Waals surface area contributed by atoms with E-state index in [0.717, 1.165) is 69.2 Å². The lowest BCUT2D eigenvalue weighted by Crippen LogP contribution is -2.62. The molecule has 214 valence electrons. The van der Waals surface area contributed by atoms with Crippen LogP contribution in [0.2, 0.25) is 0 Å². The highest BCUT2D eigenvalue weighted by Gasteiger charge is 2.67. The van der Waals surface area contributed by atoms with Gasteiger partial charge in [-0.1, -0.05) is 31.1 Å². The number of aryl methyl sites for hydroxylation is 1. The topological polar surface area (TPSA) is 104 Å². The maximum atomic E-state index is 12.7. The SMILES string of the molecule is C[C@]12CC[C@H](O)C[C@H]1CCC1C2CC[C@]2(C)[C@@H](c3cc(CCCN4C(=O)c5ccccc5C4=O)on3)CC[C@]12O. The van der Waals surface area contributed by atoms with Crippen molar-refractivity contribution in [3.8, 4) is 0 Å². The summed E-state index contributed by atoms with van der Waals surface area (Å²) in [6.07, 6.45) is 9.95. The summed E-state index contributed by atoms with van der Waals surface area (Å²) < 4.78 is 5.77. The molecule has 4 saturated carbocycles. The fourth-order valence-corrected chi connectivity index (χ4v) is 10.1. The minimum absolute atomic E-state index is 0.156. The normalized spacial score (nSPS) is 40.5. The molecular formula is C33H42N2O5. The van der Waals surface area contributed by atoms with Crippen molar-refractivity contribution in [3.05, 3.63) is 52.9 Å². The quantitative estimate of drug-likeness (QED) is 0.480. The molecule has 8 atom stereocenters. The van der Waals surface area contributed by atoms with Gasteiger partial charge in [0.2, 0.25) is 0 Å². The predicted octanol–water partition coefficient (Wildman–Crippen LogP) is 5.51. The van der Waals surface area contributed by atoms with Crippen LogP contribution in [0.15, 0.2) is 34.9 Å². The van der Waals surface area contributed by atoms with E-state index in [-0.39, 0.29) is 34.7 Å². The largest absolute Gasteiger partial charge is 0.393 e. The molecule has 2 aromatic rings. The zero-order valence-corrected chi connectivity index (χ0v) is 23.8. The molecule has 5 aliphatic rings. The number of benzene rings is 1. The van der Waals surface area contributed by atoms with Crippen LogP contribution in [0.25, 0.3) is 0 Å². The fourth-order valence-electron chi connectivity index (χ4n) is 10.1. The first-order valence-corrected chi connectivity index (χ1v) is 15.5. The average molecular weight is 547 g/mol. The molecule has 0 saturated heterocycles. The number of fused-ring (bicyclic) bond motifs is 6. The average Bonchev–Trinajstić information content (AvgIpc) is 3.58. The van der Waals surface area contributed by atoms with E-state index in [0.29, 0.717) is 48.3 Å². The Morgan fingerprint density at radius 3 is 2.48 bits per heavy atom. The third-order valence-corrected chi connectivity index (χ3v) is 12.4. The Morgan fingerprint density at radius 1 is 0.975 bits per heavy atom. The van der Waals surface area contributed by atoms with Crippen LogP contribution in [0.3, 0.4) is 0 Å². The van der Waals surface area contributed by atoms with E-state index in [1.165, 1.54) is 4.90 Å². The van der Waals surface area contributed by atoms with Crippen molar-refractivity contribution in [2.75, 3.05) is 6.54 Å². The van der Waals surface area contributed by atoms with Crippen LogP contribution in [0.5, 0.6) is 0 Å². The van der Waals surface area contributed by atoms with Gasteiger partial charge in [0, 0.05) is 30.4 Å². The van der Waals surface area contributed by atoms with E-state index in [1.54, 1.807) is 24.3 Å². The number of aromatic nitrogens is 1. The van der Waals surface area contributed by atoms with Gasteiger partial charge in [-0.05, 0) is 99.5 Å². The molecule has 0 spiro atoms. The highest BCUT2D eigenvalue weighted by molar-refractivity contribution is 6.21. The molecule has 7 nitrogen and oxygen atoms in total. The first-order chi connectivity index (χ1) is 19.2. The van der Waals surface area contributed by atoms with E-state index < -0.39 is 5.60 Å². The molecule has 2 unspecified atom stereocenters. The van der Waals surface area contributed by atoms with Crippen LogP contribution >= 0.6 is 0 Å². The highest BCUT2D eigenvalue weighted by Crippen LogP contribution is 2.70. The van der Waals surface area contributed by atoms with Crippen LogP contribution < -0.4 is 0 Å². The molecule has 2 amide bonds. The first-order valence-electron chi connectivity index (χ1n) is 15.5. The molecule has 1 aliphatic heterocycles. The lowest BCUT2D eigenvalue weighted by Gasteiger charge is -2.63. The minimum Gasteiger partial charge on any atom is -0.393 e. The predicted molar refractivity (Wildman–Crippen MR) is 149 cm³/mol. The molecule has 4 aliphatic carbocycles. The summed E-state index contributed by atoms with van der Waals surface area (Å²) in [4.78, 5) is 26.7. The van der Waals surface area contributed by atoms with E-state index in [4.69, 9.17) is 4.52 Å². The smallest absolute Gasteiger partial charge is 0.261 e. The number of hydrogen-bond donors (Lipinski definition) is 2. The van der Waals surface area contributed by atoms with Gasteiger partial charge in [0.15, 0.2) is 0 Å². The summed E-state index contributed by atoms with van der Waals surface area (Å²) in [6, 6.07) is 9.04. The Morgan fingerprint density at radius 2 is 1.73 bits per heavy atom.